The molecule has 0 radical (unpaired) electrons. The zero-order chi connectivity index (χ0) is 14.4. The monoisotopic (exact) mass is 275 g/mol. The van der Waals surface area contributed by atoms with E-state index in [0.717, 1.165) is 5.75 Å². The molecule has 0 heterocycles. The molecule has 1 atom stereocenters. The van der Waals surface area contributed by atoms with Crippen LogP contribution >= 0.6 is 0 Å². The molecule has 106 valence electrons. The summed E-state index contributed by atoms with van der Waals surface area (Å²) in [7, 11) is 0. The van der Waals surface area contributed by atoms with Crippen molar-refractivity contribution >= 4 is 0 Å². The van der Waals surface area contributed by atoms with Crippen LogP contribution in [-0.2, 0) is 0 Å². The van der Waals surface area contributed by atoms with Crippen LogP contribution in [0.1, 0.15) is 18.6 Å². The van der Waals surface area contributed by atoms with Gasteiger partial charge < -0.3 is 15.2 Å². The highest BCUT2D eigenvalue weighted by Gasteiger charge is 2.12. The van der Waals surface area contributed by atoms with E-state index in [1.807, 2.05) is 25.1 Å². The first-order valence-electron chi connectivity index (χ1n) is 6.58. The van der Waals surface area contributed by atoms with Gasteiger partial charge in [-0.25, -0.2) is 4.39 Å². The molecule has 0 saturated carbocycles. The van der Waals surface area contributed by atoms with Gasteiger partial charge in [-0.1, -0.05) is 18.2 Å². The van der Waals surface area contributed by atoms with Crippen molar-refractivity contribution in [2.24, 2.45) is 5.73 Å². The SMILES string of the molecule is CCOc1cccc(OC(CN)c2cccc(F)c2)c1. The van der Waals surface area contributed by atoms with Crippen molar-refractivity contribution in [2.45, 2.75) is 13.0 Å². The van der Waals surface area contributed by atoms with E-state index in [1.54, 1.807) is 18.2 Å². The Balaban J connectivity index is 2.15. The zero-order valence-electron chi connectivity index (χ0n) is 11.4. The highest BCUT2D eigenvalue weighted by molar-refractivity contribution is 5.33. The molecule has 0 fully saturated rings. The summed E-state index contributed by atoms with van der Waals surface area (Å²) >= 11 is 0. The molecule has 2 rings (SSSR count). The number of rotatable bonds is 6. The molecular formula is C16H18FNO2. The van der Waals surface area contributed by atoms with Crippen LogP contribution in [0, 0.1) is 5.82 Å². The average Bonchev–Trinajstić information content (AvgIpc) is 2.45. The molecule has 0 aromatic heterocycles. The van der Waals surface area contributed by atoms with Crippen LogP contribution in [0.3, 0.4) is 0 Å². The minimum absolute atomic E-state index is 0.266. The van der Waals surface area contributed by atoms with Crippen molar-refractivity contribution < 1.29 is 13.9 Å². The van der Waals surface area contributed by atoms with E-state index >= 15 is 0 Å². The number of ether oxygens (including phenoxy) is 2. The number of hydrogen-bond acceptors (Lipinski definition) is 3. The summed E-state index contributed by atoms with van der Waals surface area (Å²) < 4.78 is 24.5. The third-order valence-corrected chi connectivity index (χ3v) is 2.83. The summed E-state index contributed by atoms with van der Waals surface area (Å²) in [5.41, 5.74) is 6.44. The van der Waals surface area contributed by atoms with E-state index in [4.69, 9.17) is 15.2 Å². The van der Waals surface area contributed by atoms with Crippen molar-refractivity contribution in [3.8, 4) is 11.5 Å². The second-order valence-electron chi connectivity index (χ2n) is 4.31. The fourth-order valence-corrected chi connectivity index (χ4v) is 1.93. The number of hydrogen-bond donors (Lipinski definition) is 1. The summed E-state index contributed by atoms with van der Waals surface area (Å²) in [6.45, 7) is 2.78. The molecule has 1 unspecified atom stereocenters. The maximum atomic E-state index is 13.3. The van der Waals surface area contributed by atoms with Gasteiger partial charge in [0.1, 0.15) is 23.4 Å². The van der Waals surface area contributed by atoms with Gasteiger partial charge in [0.05, 0.1) is 6.61 Å². The second kappa shape index (κ2) is 6.91. The first-order chi connectivity index (χ1) is 9.72. The minimum Gasteiger partial charge on any atom is -0.494 e. The summed E-state index contributed by atoms with van der Waals surface area (Å²) in [4.78, 5) is 0. The number of nitrogens with two attached hydrogens (primary N) is 1. The van der Waals surface area contributed by atoms with Crippen molar-refractivity contribution in [1.29, 1.82) is 0 Å². The van der Waals surface area contributed by atoms with Crippen molar-refractivity contribution in [3.63, 3.8) is 0 Å². The predicted molar refractivity (Wildman–Crippen MR) is 76.4 cm³/mol. The Bertz CT molecular complexity index is 560. The number of benzene rings is 2. The summed E-state index contributed by atoms with van der Waals surface area (Å²) in [5, 5.41) is 0. The standard InChI is InChI=1S/C16H18FNO2/c1-2-19-14-7-4-8-15(10-14)20-16(11-18)12-5-3-6-13(17)9-12/h3-10,16H,2,11,18H2,1H3. The Morgan fingerprint density at radius 3 is 2.55 bits per heavy atom. The van der Waals surface area contributed by atoms with Crippen LogP contribution in [-0.4, -0.2) is 13.2 Å². The van der Waals surface area contributed by atoms with Gasteiger partial charge in [-0.15, -0.1) is 0 Å². The molecule has 0 aliphatic rings. The zero-order valence-corrected chi connectivity index (χ0v) is 11.4. The van der Waals surface area contributed by atoms with Crippen molar-refractivity contribution in [1.82, 2.24) is 0 Å². The Morgan fingerprint density at radius 1 is 1.10 bits per heavy atom. The van der Waals surface area contributed by atoms with Crippen molar-refractivity contribution in [3.05, 3.63) is 59.9 Å². The molecule has 0 aliphatic carbocycles. The third-order valence-electron chi connectivity index (χ3n) is 2.83. The van der Waals surface area contributed by atoms with Crippen LogP contribution in [0.15, 0.2) is 48.5 Å². The van der Waals surface area contributed by atoms with Gasteiger partial charge >= 0.3 is 0 Å². The van der Waals surface area contributed by atoms with Crippen LogP contribution in [0.25, 0.3) is 0 Å². The largest absolute Gasteiger partial charge is 0.494 e. The molecule has 20 heavy (non-hydrogen) atoms. The molecular weight excluding hydrogens is 257 g/mol. The van der Waals surface area contributed by atoms with Gasteiger partial charge in [0.25, 0.3) is 0 Å². The van der Waals surface area contributed by atoms with Gasteiger partial charge in [-0.2, -0.15) is 0 Å². The van der Waals surface area contributed by atoms with Crippen LogP contribution < -0.4 is 15.2 Å². The van der Waals surface area contributed by atoms with E-state index in [-0.39, 0.29) is 18.5 Å². The fourth-order valence-electron chi connectivity index (χ4n) is 1.93. The Hall–Kier alpha value is -2.07. The van der Waals surface area contributed by atoms with Gasteiger partial charge in [0.2, 0.25) is 0 Å². The first kappa shape index (κ1) is 14.3. The van der Waals surface area contributed by atoms with E-state index < -0.39 is 0 Å². The van der Waals surface area contributed by atoms with E-state index in [9.17, 15) is 4.39 Å². The molecule has 2 N–H and O–H groups in total. The summed E-state index contributed by atoms with van der Waals surface area (Å²) in [6, 6.07) is 13.6. The molecule has 3 nitrogen and oxygen atoms in total. The topological polar surface area (TPSA) is 44.5 Å². The molecule has 2 aromatic rings. The van der Waals surface area contributed by atoms with Crippen LogP contribution in [0.2, 0.25) is 0 Å². The van der Waals surface area contributed by atoms with Crippen LogP contribution in [0.5, 0.6) is 11.5 Å². The maximum absolute atomic E-state index is 13.3. The van der Waals surface area contributed by atoms with Gasteiger partial charge in [-0.05, 0) is 36.8 Å². The van der Waals surface area contributed by atoms with Gasteiger partial charge in [-0.3, -0.25) is 0 Å². The Morgan fingerprint density at radius 2 is 1.85 bits per heavy atom. The smallest absolute Gasteiger partial charge is 0.136 e. The maximum Gasteiger partial charge on any atom is 0.136 e. The minimum atomic E-state index is -0.387. The lowest BCUT2D eigenvalue weighted by atomic mass is 10.1. The quantitative estimate of drug-likeness (QED) is 0.879. The average molecular weight is 275 g/mol. The van der Waals surface area contributed by atoms with Crippen LogP contribution in [0.4, 0.5) is 4.39 Å². The van der Waals surface area contributed by atoms with E-state index in [1.165, 1.54) is 12.1 Å². The molecule has 0 aliphatic heterocycles. The van der Waals surface area contributed by atoms with Gasteiger partial charge in [0, 0.05) is 12.6 Å². The molecule has 0 amide bonds. The number of halogens is 1. The van der Waals surface area contributed by atoms with E-state index in [2.05, 4.69) is 0 Å². The Kier molecular flexibility index (Phi) is 4.96. The normalized spacial score (nSPS) is 11.9. The molecule has 2 aromatic carbocycles. The van der Waals surface area contributed by atoms with Gasteiger partial charge in [0.15, 0.2) is 0 Å². The molecule has 0 spiro atoms. The first-order valence-corrected chi connectivity index (χ1v) is 6.58. The lowest BCUT2D eigenvalue weighted by molar-refractivity contribution is 0.212. The summed E-state index contributed by atoms with van der Waals surface area (Å²) in [5.74, 6) is 1.09. The molecule has 4 heteroatoms. The lowest BCUT2D eigenvalue weighted by Crippen LogP contribution is -2.18. The highest BCUT2D eigenvalue weighted by atomic mass is 19.1. The summed E-state index contributed by atoms with van der Waals surface area (Å²) in [6.07, 6.45) is -0.387. The second-order valence-corrected chi connectivity index (χ2v) is 4.31. The van der Waals surface area contributed by atoms with E-state index in [0.29, 0.717) is 17.9 Å². The fraction of sp³-hybridized carbons (Fsp3) is 0.250. The van der Waals surface area contributed by atoms with Crippen molar-refractivity contribution in [2.75, 3.05) is 13.2 Å². The molecule has 0 bridgehead atoms. The third kappa shape index (κ3) is 3.71. The predicted octanol–water partition coefficient (Wildman–Crippen LogP) is 3.30. The highest BCUT2D eigenvalue weighted by Crippen LogP contribution is 2.25. The Labute approximate surface area is 118 Å². The lowest BCUT2D eigenvalue weighted by Gasteiger charge is -2.18. The molecule has 0 saturated heterocycles.